The van der Waals surface area contributed by atoms with Crippen LogP contribution in [-0.2, 0) is 17.7 Å². The number of pyridine rings is 1. The molecule has 0 spiro atoms. The van der Waals surface area contributed by atoms with Gasteiger partial charge < -0.3 is 29.6 Å². The second-order valence-corrected chi connectivity index (χ2v) is 12.9. The Bertz CT molecular complexity index is 1600. The Hall–Kier alpha value is -4.41. The van der Waals surface area contributed by atoms with Gasteiger partial charge in [0.2, 0.25) is 5.95 Å². The standard InChI is InChI=1S/C32H40N6O5/c1-19-12-20(2)36-28(40)25(19)18-33-27(39)21-13-22-15-32(6,7)42-26(22)24(14-21)23-16-34-29(35-17-23)37-8-10-38(11-9-37)30(41)43-31(3,4)5/h12-14,16-17H,8-11,15,18H2,1-7H3,(H,33,39)(H,36,40). The molecule has 1 fully saturated rings. The number of benzene rings is 1. The highest BCUT2D eigenvalue weighted by Crippen LogP contribution is 2.43. The summed E-state index contributed by atoms with van der Waals surface area (Å²) in [4.78, 5) is 54.0. The SMILES string of the molecule is Cc1cc(C)c(CNC(=O)c2cc3c(c(-c4cnc(N5CCN(C(=O)OC(C)(C)C)CC5)nc4)c2)OC(C)(C)C3)c(=O)[nH]1. The van der Waals surface area contributed by atoms with E-state index < -0.39 is 11.2 Å². The minimum absolute atomic E-state index is 0.119. The Morgan fingerprint density at radius 2 is 1.74 bits per heavy atom. The predicted octanol–water partition coefficient (Wildman–Crippen LogP) is 4.15. The van der Waals surface area contributed by atoms with Gasteiger partial charge in [0.1, 0.15) is 17.0 Å². The number of hydrogen-bond donors (Lipinski definition) is 2. The van der Waals surface area contributed by atoms with E-state index in [2.05, 4.69) is 20.3 Å². The lowest BCUT2D eigenvalue weighted by Crippen LogP contribution is -2.50. The minimum atomic E-state index is -0.538. The number of ether oxygens (including phenoxy) is 2. The van der Waals surface area contributed by atoms with E-state index in [1.807, 2.05) is 65.5 Å². The van der Waals surface area contributed by atoms with E-state index in [4.69, 9.17) is 9.47 Å². The number of fused-ring (bicyclic) bond motifs is 1. The number of nitrogens with one attached hydrogen (secondary N) is 2. The van der Waals surface area contributed by atoms with Crippen LogP contribution in [0.2, 0.25) is 0 Å². The number of amides is 2. The monoisotopic (exact) mass is 588 g/mol. The van der Waals surface area contributed by atoms with Crippen molar-refractivity contribution in [1.82, 2.24) is 25.2 Å². The maximum absolute atomic E-state index is 13.3. The number of carbonyl (C=O) groups is 2. The second-order valence-electron chi connectivity index (χ2n) is 12.9. The third-order valence-electron chi connectivity index (χ3n) is 7.51. The van der Waals surface area contributed by atoms with E-state index in [0.29, 0.717) is 49.7 Å². The molecule has 0 saturated carbocycles. The topological polar surface area (TPSA) is 130 Å². The Kier molecular flexibility index (Phi) is 7.93. The molecule has 0 aliphatic carbocycles. The Morgan fingerprint density at radius 1 is 1.07 bits per heavy atom. The third-order valence-corrected chi connectivity index (χ3v) is 7.51. The highest BCUT2D eigenvalue weighted by atomic mass is 16.6. The van der Waals surface area contributed by atoms with Crippen molar-refractivity contribution in [2.24, 2.45) is 0 Å². The van der Waals surface area contributed by atoms with E-state index in [1.54, 1.807) is 23.4 Å². The second kappa shape index (κ2) is 11.3. The van der Waals surface area contributed by atoms with Crippen LogP contribution in [0.15, 0.2) is 35.4 Å². The van der Waals surface area contributed by atoms with Crippen LogP contribution in [0.5, 0.6) is 5.75 Å². The summed E-state index contributed by atoms with van der Waals surface area (Å²) >= 11 is 0. The van der Waals surface area contributed by atoms with Crippen LogP contribution in [-0.4, -0.2) is 69.2 Å². The van der Waals surface area contributed by atoms with Crippen LogP contribution in [0.25, 0.3) is 11.1 Å². The van der Waals surface area contributed by atoms with Crippen molar-refractivity contribution in [2.75, 3.05) is 31.1 Å². The molecule has 3 aromatic rings. The fourth-order valence-electron chi connectivity index (χ4n) is 5.47. The molecule has 0 radical (unpaired) electrons. The molecule has 228 valence electrons. The molecule has 5 rings (SSSR count). The number of carbonyl (C=O) groups excluding carboxylic acids is 2. The number of aryl methyl sites for hydroxylation is 2. The van der Waals surface area contributed by atoms with Gasteiger partial charge in [-0.2, -0.15) is 0 Å². The molecule has 2 aromatic heterocycles. The zero-order chi connectivity index (χ0) is 31.1. The van der Waals surface area contributed by atoms with Crippen molar-refractivity contribution in [3.63, 3.8) is 0 Å². The van der Waals surface area contributed by atoms with Crippen molar-refractivity contribution in [1.29, 1.82) is 0 Å². The van der Waals surface area contributed by atoms with Gasteiger partial charge >= 0.3 is 6.09 Å². The molecule has 1 saturated heterocycles. The molecule has 2 aliphatic rings. The first-order chi connectivity index (χ1) is 20.2. The van der Waals surface area contributed by atoms with Gasteiger partial charge in [0, 0.05) is 79.5 Å². The molecular formula is C32H40N6O5. The lowest BCUT2D eigenvalue weighted by molar-refractivity contribution is 0.0240. The fraction of sp³-hybridized carbons (Fsp3) is 0.469. The normalized spacial score (nSPS) is 16.0. The highest BCUT2D eigenvalue weighted by Gasteiger charge is 2.34. The number of aromatic amines is 1. The molecule has 11 nitrogen and oxygen atoms in total. The average Bonchev–Trinajstić information content (AvgIpc) is 3.25. The van der Waals surface area contributed by atoms with Crippen molar-refractivity contribution >= 4 is 17.9 Å². The van der Waals surface area contributed by atoms with Gasteiger partial charge in [0.25, 0.3) is 11.5 Å². The van der Waals surface area contributed by atoms with Gasteiger partial charge in [-0.25, -0.2) is 14.8 Å². The molecule has 1 aromatic carbocycles. The molecule has 0 unspecified atom stereocenters. The quantitative estimate of drug-likeness (QED) is 0.455. The maximum atomic E-state index is 13.3. The zero-order valence-corrected chi connectivity index (χ0v) is 26.0. The van der Waals surface area contributed by atoms with E-state index in [0.717, 1.165) is 33.7 Å². The first-order valence-corrected chi connectivity index (χ1v) is 14.6. The molecular weight excluding hydrogens is 548 g/mol. The molecule has 2 N–H and O–H groups in total. The van der Waals surface area contributed by atoms with Crippen LogP contribution in [0.1, 0.15) is 67.4 Å². The lowest BCUT2D eigenvalue weighted by atomic mass is 9.96. The summed E-state index contributed by atoms with van der Waals surface area (Å²) < 4.78 is 11.8. The Morgan fingerprint density at radius 3 is 2.37 bits per heavy atom. The maximum Gasteiger partial charge on any atom is 0.410 e. The van der Waals surface area contributed by atoms with Crippen molar-refractivity contribution in [2.45, 2.75) is 72.6 Å². The van der Waals surface area contributed by atoms with E-state index >= 15 is 0 Å². The molecule has 4 heterocycles. The van der Waals surface area contributed by atoms with Gasteiger partial charge in [-0.3, -0.25) is 9.59 Å². The summed E-state index contributed by atoms with van der Waals surface area (Å²) in [6.45, 7) is 15.6. The number of anilines is 1. The van der Waals surface area contributed by atoms with Gasteiger partial charge in [-0.1, -0.05) is 0 Å². The first-order valence-electron chi connectivity index (χ1n) is 14.6. The number of piperazine rings is 1. The van der Waals surface area contributed by atoms with E-state index in [1.165, 1.54) is 0 Å². The molecule has 43 heavy (non-hydrogen) atoms. The summed E-state index contributed by atoms with van der Waals surface area (Å²) in [6.07, 6.45) is 3.81. The summed E-state index contributed by atoms with van der Waals surface area (Å²) in [5.41, 5.74) is 3.83. The van der Waals surface area contributed by atoms with Crippen LogP contribution in [0, 0.1) is 13.8 Å². The average molecular weight is 589 g/mol. The minimum Gasteiger partial charge on any atom is -0.487 e. The van der Waals surface area contributed by atoms with Gasteiger partial charge in [0.15, 0.2) is 0 Å². The van der Waals surface area contributed by atoms with Crippen LogP contribution >= 0.6 is 0 Å². The summed E-state index contributed by atoms with van der Waals surface area (Å²) in [5, 5.41) is 2.91. The molecule has 2 aliphatic heterocycles. The summed E-state index contributed by atoms with van der Waals surface area (Å²) in [6, 6.07) is 5.54. The molecule has 0 atom stereocenters. The molecule has 0 bridgehead atoms. The summed E-state index contributed by atoms with van der Waals surface area (Å²) in [7, 11) is 0. The number of rotatable bonds is 5. The fourth-order valence-corrected chi connectivity index (χ4v) is 5.47. The van der Waals surface area contributed by atoms with Gasteiger partial charge in [-0.15, -0.1) is 0 Å². The Labute approximate surface area is 251 Å². The smallest absolute Gasteiger partial charge is 0.410 e. The number of nitrogens with zero attached hydrogens (tertiary/aromatic N) is 4. The number of hydrogen-bond acceptors (Lipinski definition) is 8. The number of H-pyrrole nitrogens is 1. The van der Waals surface area contributed by atoms with Crippen molar-refractivity contribution < 1.29 is 19.1 Å². The van der Waals surface area contributed by atoms with Crippen LogP contribution in [0.4, 0.5) is 10.7 Å². The third kappa shape index (κ3) is 6.81. The largest absolute Gasteiger partial charge is 0.487 e. The Balaban J connectivity index is 1.34. The van der Waals surface area contributed by atoms with Crippen molar-refractivity contribution in [3.8, 4) is 16.9 Å². The zero-order valence-electron chi connectivity index (χ0n) is 26.0. The van der Waals surface area contributed by atoms with Crippen molar-refractivity contribution in [3.05, 3.63) is 68.9 Å². The lowest BCUT2D eigenvalue weighted by Gasteiger charge is -2.35. The van der Waals surface area contributed by atoms with Crippen LogP contribution < -0.4 is 20.5 Å². The van der Waals surface area contributed by atoms with Crippen LogP contribution in [0.3, 0.4) is 0 Å². The molecule has 2 amide bonds. The van der Waals surface area contributed by atoms with Gasteiger partial charge in [0.05, 0.1) is 0 Å². The van der Waals surface area contributed by atoms with E-state index in [-0.39, 0.29) is 24.1 Å². The van der Waals surface area contributed by atoms with Gasteiger partial charge in [-0.05, 0) is 77.8 Å². The predicted molar refractivity (Wildman–Crippen MR) is 164 cm³/mol. The highest BCUT2D eigenvalue weighted by molar-refractivity contribution is 5.96. The van der Waals surface area contributed by atoms with E-state index in [9.17, 15) is 14.4 Å². The first kappa shape index (κ1) is 30.1. The molecule has 11 heteroatoms. The number of aromatic nitrogens is 3. The summed E-state index contributed by atoms with van der Waals surface area (Å²) in [5.74, 6) is 1.00.